The normalized spacial score (nSPS) is 15.9. The Bertz CT molecular complexity index is 922. The largest absolute Gasteiger partial charge is 0.354 e. The minimum Gasteiger partial charge on any atom is -0.354 e. The number of benzene rings is 1. The van der Waals surface area contributed by atoms with Crippen LogP contribution in [-0.2, 0) is 6.42 Å². The van der Waals surface area contributed by atoms with Crippen molar-refractivity contribution in [2.24, 2.45) is 0 Å². The molecule has 1 fully saturated rings. The summed E-state index contributed by atoms with van der Waals surface area (Å²) in [6.07, 6.45) is 3.56. The molecule has 0 amide bonds. The van der Waals surface area contributed by atoms with E-state index in [0.717, 1.165) is 67.1 Å². The highest BCUT2D eigenvalue weighted by Gasteiger charge is 2.20. The maximum Gasteiger partial charge on any atom is 0.133 e. The fourth-order valence-electron chi connectivity index (χ4n) is 3.73. The Kier molecular flexibility index (Phi) is 4.39. The van der Waals surface area contributed by atoms with Crippen LogP contribution in [0.4, 0.5) is 5.82 Å². The van der Waals surface area contributed by atoms with E-state index in [0.29, 0.717) is 0 Å². The molecule has 0 radical (unpaired) electrons. The van der Waals surface area contributed by atoms with Crippen LogP contribution in [0.15, 0.2) is 42.1 Å². The number of allylic oxidation sites excluding steroid dienone is 2. The van der Waals surface area contributed by atoms with Crippen molar-refractivity contribution in [3.05, 3.63) is 53.2 Å². The van der Waals surface area contributed by atoms with Gasteiger partial charge in [-0.25, -0.2) is 4.98 Å². The van der Waals surface area contributed by atoms with E-state index in [1.165, 1.54) is 5.56 Å². The zero-order chi connectivity index (χ0) is 17.9. The summed E-state index contributed by atoms with van der Waals surface area (Å²) in [5.74, 6) is 1.02. The second-order valence-corrected chi connectivity index (χ2v) is 6.59. The first kappa shape index (κ1) is 16.3. The first-order chi connectivity index (χ1) is 12.8. The Labute approximate surface area is 153 Å². The topological polar surface area (TPSA) is 75.7 Å². The van der Waals surface area contributed by atoms with Crippen LogP contribution in [0.2, 0.25) is 0 Å². The predicted molar refractivity (Wildman–Crippen MR) is 101 cm³/mol. The smallest absolute Gasteiger partial charge is 0.133 e. The van der Waals surface area contributed by atoms with Gasteiger partial charge in [-0.2, -0.15) is 10.5 Å². The number of nitrogens with zero attached hydrogens (tertiary/aromatic N) is 4. The zero-order valence-corrected chi connectivity index (χ0v) is 14.5. The lowest BCUT2D eigenvalue weighted by atomic mass is 9.99. The fourth-order valence-corrected chi connectivity index (χ4v) is 3.73. The van der Waals surface area contributed by atoms with Gasteiger partial charge in [0.2, 0.25) is 0 Å². The molecule has 2 aliphatic rings. The molecule has 0 atom stereocenters. The van der Waals surface area contributed by atoms with Gasteiger partial charge in [0.15, 0.2) is 0 Å². The standard InChI is InChI=1S/C21H19N5/c22-12-18(13-23)20-5-2-16-11-15(1-4-19(16)20)17-3-6-21(25-14-17)26-9-7-24-8-10-26/h1,3-4,6,11,14,24H,2,5,7-10H2. The highest BCUT2D eigenvalue weighted by Crippen LogP contribution is 2.36. The molecule has 1 aromatic carbocycles. The Hall–Kier alpha value is -3.15. The van der Waals surface area contributed by atoms with E-state index in [1.807, 2.05) is 24.4 Å². The third-order valence-electron chi connectivity index (χ3n) is 5.12. The van der Waals surface area contributed by atoms with Crippen molar-refractivity contribution in [1.82, 2.24) is 10.3 Å². The molecule has 1 saturated heterocycles. The number of fused-ring (bicyclic) bond motifs is 1. The first-order valence-electron chi connectivity index (χ1n) is 8.89. The molecule has 0 spiro atoms. The SMILES string of the molecule is N#CC(C#N)=C1CCc2cc(-c3ccc(N4CCNCC4)nc3)ccc21. The lowest BCUT2D eigenvalue weighted by Gasteiger charge is -2.28. The van der Waals surface area contributed by atoms with E-state index in [4.69, 9.17) is 10.5 Å². The van der Waals surface area contributed by atoms with Gasteiger partial charge in [0.1, 0.15) is 23.5 Å². The van der Waals surface area contributed by atoms with Crippen molar-refractivity contribution in [1.29, 1.82) is 10.5 Å². The molecule has 0 bridgehead atoms. The molecule has 128 valence electrons. The van der Waals surface area contributed by atoms with Crippen LogP contribution in [0.3, 0.4) is 0 Å². The minimum absolute atomic E-state index is 0.235. The predicted octanol–water partition coefficient (Wildman–Crippen LogP) is 2.91. The van der Waals surface area contributed by atoms with Gasteiger partial charge in [-0.1, -0.05) is 18.2 Å². The quantitative estimate of drug-likeness (QED) is 0.850. The number of aromatic nitrogens is 1. The summed E-state index contributed by atoms with van der Waals surface area (Å²) in [6, 6.07) is 14.5. The molecule has 1 aliphatic carbocycles. The number of hydrogen-bond acceptors (Lipinski definition) is 5. The van der Waals surface area contributed by atoms with Crippen LogP contribution in [0.5, 0.6) is 0 Å². The van der Waals surface area contributed by atoms with E-state index in [2.05, 4.69) is 39.5 Å². The maximum absolute atomic E-state index is 9.13. The van der Waals surface area contributed by atoms with Crippen LogP contribution in [-0.4, -0.2) is 31.2 Å². The van der Waals surface area contributed by atoms with Gasteiger partial charge in [0, 0.05) is 37.9 Å². The number of hydrogen-bond donors (Lipinski definition) is 1. The summed E-state index contributed by atoms with van der Waals surface area (Å²) >= 11 is 0. The van der Waals surface area contributed by atoms with Gasteiger partial charge in [-0.05, 0) is 47.2 Å². The number of aryl methyl sites for hydroxylation is 1. The average molecular weight is 341 g/mol. The molecule has 0 saturated carbocycles. The highest BCUT2D eigenvalue weighted by molar-refractivity contribution is 5.82. The van der Waals surface area contributed by atoms with Gasteiger partial charge in [0.25, 0.3) is 0 Å². The number of piperazine rings is 1. The first-order valence-corrected chi connectivity index (χ1v) is 8.89. The summed E-state index contributed by atoms with van der Waals surface area (Å²) in [4.78, 5) is 6.94. The summed E-state index contributed by atoms with van der Waals surface area (Å²) in [7, 11) is 0. The van der Waals surface area contributed by atoms with Crippen molar-refractivity contribution < 1.29 is 0 Å². The molecule has 5 heteroatoms. The molecule has 26 heavy (non-hydrogen) atoms. The Morgan fingerprint density at radius 1 is 1.00 bits per heavy atom. The molecule has 0 unspecified atom stereocenters. The lowest BCUT2D eigenvalue weighted by molar-refractivity contribution is 0.585. The number of pyridine rings is 1. The molecule has 5 nitrogen and oxygen atoms in total. The van der Waals surface area contributed by atoms with Gasteiger partial charge >= 0.3 is 0 Å². The summed E-state index contributed by atoms with van der Waals surface area (Å²) in [6.45, 7) is 3.97. The second-order valence-electron chi connectivity index (χ2n) is 6.59. The van der Waals surface area contributed by atoms with Crippen LogP contribution in [0.25, 0.3) is 16.7 Å². The second kappa shape index (κ2) is 7.00. The monoisotopic (exact) mass is 341 g/mol. The molecule has 4 rings (SSSR count). The fraction of sp³-hybridized carbons (Fsp3) is 0.286. The van der Waals surface area contributed by atoms with Crippen LogP contribution >= 0.6 is 0 Å². The van der Waals surface area contributed by atoms with E-state index in [9.17, 15) is 0 Å². The van der Waals surface area contributed by atoms with E-state index >= 15 is 0 Å². The minimum atomic E-state index is 0.235. The maximum atomic E-state index is 9.13. The summed E-state index contributed by atoms with van der Waals surface area (Å²) in [5.41, 5.74) is 5.57. The molecule has 1 aromatic heterocycles. The lowest BCUT2D eigenvalue weighted by Crippen LogP contribution is -2.43. The van der Waals surface area contributed by atoms with Crippen molar-refractivity contribution in [3.63, 3.8) is 0 Å². The summed E-state index contributed by atoms with van der Waals surface area (Å²) in [5, 5.41) is 21.6. The number of nitriles is 2. The van der Waals surface area contributed by atoms with E-state index in [1.54, 1.807) is 0 Å². The van der Waals surface area contributed by atoms with Crippen molar-refractivity contribution >= 4 is 11.4 Å². The van der Waals surface area contributed by atoms with Crippen molar-refractivity contribution in [2.45, 2.75) is 12.8 Å². The number of anilines is 1. The molecule has 2 heterocycles. The average Bonchev–Trinajstić information content (AvgIpc) is 3.13. The van der Waals surface area contributed by atoms with Gasteiger partial charge < -0.3 is 10.2 Å². The zero-order valence-electron chi connectivity index (χ0n) is 14.5. The Morgan fingerprint density at radius 2 is 1.77 bits per heavy atom. The number of rotatable bonds is 2. The Morgan fingerprint density at radius 3 is 2.46 bits per heavy atom. The van der Waals surface area contributed by atoms with E-state index in [-0.39, 0.29) is 5.57 Å². The van der Waals surface area contributed by atoms with Gasteiger partial charge in [-0.3, -0.25) is 0 Å². The summed E-state index contributed by atoms with van der Waals surface area (Å²) < 4.78 is 0. The van der Waals surface area contributed by atoms with E-state index < -0.39 is 0 Å². The van der Waals surface area contributed by atoms with Crippen molar-refractivity contribution in [2.75, 3.05) is 31.1 Å². The molecular weight excluding hydrogens is 322 g/mol. The molecular formula is C21H19N5. The third kappa shape index (κ3) is 2.94. The molecule has 1 aliphatic heterocycles. The molecule has 1 N–H and O–H groups in total. The van der Waals surface area contributed by atoms with Crippen LogP contribution in [0.1, 0.15) is 17.5 Å². The van der Waals surface area contributed by atoms with Crippen LogP contribution < -0.4 is 10.2 Å². The van der Waals surface area contributed by atoms with Gasteiger partial charge in [-0.15, -0.1) is 0 Å². The number of nitrogens with one attached hydrogen (secondary N) is 1. The highest BCUT2D eigenvalue weighted by atomic mass is 15.2. The van der Waals surface area contributed by atoms with Crippen molar-refractivity contribution in [3.8, 4) is 23.3 Å². The van der Waals surface area contributed by atoms with Crippen LogP contribution in [0, 0.1) is 22.7 Å². The van der Waals surface area contributed by atoms with Gasteiger partial charge in [0.05, 0.1) is 0 Å². The third-order valence-corrected chi connectivity index (χ3v) is 5.12. The molecule has 2 aromatic rings. The Balaban J connectivity index is 1.61.